The largest absolute Gasteiger partial charge is 0.396 e. The summed E-state index contributed by atoms with van der Waals surface area (Å²) in [5, 5.41) is 15.3. The van der Waals surface area contributed by atoms with Crippen molar-refractivity contribution in [1.82, 2.24) is 10.6 Å². The van der Waals surface area contributed by atoms with Crippen LogP contribution in [-0.2, 0) is 4.79 Å². The summed E-state index contributed by atoms with van der Waals surface area (Å²) >= 11 is 0. The summed E-state index contributed by atoms with van der Waals surface area (Å²) in [6.07, 6.45) is 9.74. The number of hydrogen-bond acceptors (Lipinski definition) is 3. The van der Waals surface area contributed by atoms with E-state index in [4.69, 9.17) is 5.11 Å². The number of rotatable bonds is 8. The van der Waals surface area contributed by atoms with E-state index in [0.29, 0.717) is 24.4 Å². The molecule has 2 aliphatic heterocycles. The fourth-order valence-corrected chi connectivity index (χ4v) is 3.49. The number of unbranched alkanes of at least 4 members (excludes halogenated alkanes) is 3. The minimum absolute atomic E-state index is 0.230. The van der Waals surface area contributed by atoms with Gasteiger partial charge in [-0.3, -0.25) is 4.79 Å². The molecule has 2 saturated heterocycles. The van der Waals surface area contributed by atoms with Gasteiger partial charge >= 0.3 is 0 Å². The van der Waals surface area contributed by atoms with Crippen LogP contribution < -0.4 is 10.6 Å². The summed E-state index contributed by atoms with van der Waals surface area (Å²) in [5.74, 6) is 0.821. The Labute approximate surface area is 116 Å². The molecule has 0 aliphatic carbocycles. The first-order valence-electron chi connectivity index (χ1n) is 7.91. The van der Waals surface area contributed by atoms with Gasteiger partial charge in [0.25, 0.3) is 0 Å². The maximum Gasteiger partial charge on any atom is 0.220 e. The van der Waals surface area contributed by atoms with E-state index in [9.17, 15) is 4.79 Å². The third-order valence-electron chi connectivity index (χ3n) is 4.45. The molecule has 2 bridgehead atoms. The van der Waals surface area contributed by atoms with Crippen LogP contribution in [0, 0.1) is 5.92 Å². The SMILES string of the molecule is O=C(CC1CC2CCC(C1)N2)NCCCCCCO. The average molecular weight is 268 g/mol. The lowest BCUT2D eigenvalue weighted by molar-refractivity contribution is -0.122. The molecule has 0 aromatic carbocycles. The minimum Gasteiger partial charge on any atom is -0.396 e. The molecule has 3 N–H and O–H groups in total. The molecule has 2 aliphatic rings. The first-order chi connectivity index (χ1) is 9.28. The number of fused-ring (bicyclic) bond motifs is 2. The van der Waals surface area contributed by atoms with E-state index in [1.165, 1.54) is 25.7 Å². The van der Waals surface area contributed by atoms with Gasteiger partial charge in [-0.05, 0) is 44.4 Å². The third-order valence-corrected chi connectivity index (χ3v) is 4.45. The lowest BCUT2D eigenvalue weighted by atomic mass is 9.89. The Morgan fingerprint density at radius 1 is 1.11 bits per heavy atom. The summed E-state index contributed by atoms with van der Waals surface area (Å²) < 4.78 is 0. The number of carbonyl (C=O) groups excluding carboxylic acids is 1. The minimum atomic E-state index is 0.230. The van der Waals surface area contributed by atoms with Crippen LogP contribution in [0.1, 0.15) is 57.8 Å². The van der Waals surface area contributed by atoms with E-state index in [1.807, 2.05) is 0 Å². The molecule has 4 heteroatoms. The van der Waals surface area contributed by atoms with Crippen LogP contribution in [0.25, 0.3) is 0 Å². The monoisotopic (exact) mass is 268 g/mol. The van der Waals surface area contributed by atoms with E-state index >= 15 is 0 Å². The number of aliphatic hydroxyl groups excluding tert-OH is 1. The fourth-order valence-electron chi connectivity index (χ4n) is 3.49. The molecule has 0 aromatic rings. The van der Waals surface area contributed by atoms with Crippen molar-refractivity contribution in [3.05, 3.63) is 0 Å². The lowest BCUT2D eigenvalue weighted by Gasteiger charge is -2.28. The van der Waals surface area contributed by atoms with Crippen LogP contribution >= 0.6 is 0 Å². The molecule has 0 aromatic heterocycles. The zero-order valence-corrected chi connectivity index (χ0v) is 11.9. The Balaban J connectivity index is 1.52. The van der Waals surface area contributed by atoms with Crippen molar-refractivity contribution in [3.8, 4) is 0 Å². The summed E-state index contributed by atoms with van der Waals surface area (Å²) in [6, 6.07) is 1.35. The highest BCUT2D eigenvalue weighted by Crippen LogP contribution is 2.32. The molecule has 0 radical (unpaired) electrons. The second-order valence-corrected chi connectivity index (χ2v) is 6.17. The molecule has 2 atom stereocenters. The molecule has 0 saturated carbocycles. The summed E-state index contributed by atoms with van der Waals surface area (Å²) in [6.45, 7) is 1.08. The van der Waals surface area contributed by atoms with Crippen LogP contribution in [0.15, 0.2) is 0 Å². The van der Waals surface area contributed by atoms with Crippen LogP contribution in [-0.4, -0.2) is 36.2 Å². The molecule has 19 heavy (non-hydrogen) atoms. The third kappa shape index (κ3) is 5.11. The highest BCUT2D eigenvalue weighted by molar-refractivity contribution is 5.76. The van der Waals surface area contributed by atoms with Crippen molar-refractivity contribution in [3.63, 3.8) is 0 Å². The van der Waals surface area contributed by atoms with Crippen LogP contribution in [0.3, 0.4) is 0 Å². The van der Waals surface area contributed by atoms with Gasteiger partial charge in [-0.15, -0.1) is 0 Å². The van der Waals surface area contributed by atoms with Gasteiger partial charge in [-0.25, -0.2) is 0 Å². The standard InChI is InChI=1S/C15H28N2O2/c18-8-4-2-1-3-7-16-15(19)11-12-9-13-5-6-14(10-12)17-13/h12-14,17-18H,1-11H2,(H,16,19). The molecular formula is C15H28N2O2. The maximum atomic E-state index is 11.9. The number of hydrogen-bond donors (Lipinski definition) is 3. The molecule has 2 heterocycles. The smallest absolute Gasteiger partial charge is 0.220 e. The first-order valence-corrected chi connectivity index (χ1v) is 7.91. The van der Waals surface area contributed by atoms with E-state index < -0.39 is 0 Å². The predicted molar refractivity (Wildman–Crippen MR) is 75.9 cm³/mol. The van der Waals surface area contributed by atoms with Crippen LogP contribution in [0.4, 0.5) is 0 Å². The number of amides is 1. The second kappa shape index (κ2) is 7.85. The second-order valence-electron chi connectivity index (χ2n) is 6.17. The molecule has 4 nitrogen and oxygen atoms in total. The van der Waals surface area contributed by atoms with E-state index in [0.717, 1.165) is 32.2 Å². The highest BCUT2D eigenvalue weighted by Gasteiger charge is 2.33. The predicted octanol–water partition coefficient (Wildman–Crippen LogP) is 1.58. The van der Waals surface area contributed by atoms with Gasteiger partial charge in [0.1, 0.15) is 0 Å². The van der Waals surface area contributed by atoms with Gasteiger partial charge in [0.2, 0.25) is 5.91 Å². The van der Waals surface area contributed by atoms with Gasteiger partial charge in [0.05, 0.1) is 0 Å². The van der Waals surface area contributed by atoms with Gasteiger partial charge in [0, 0.05) is 31.7 Å². The highest BCUT2D eigenvalue weighted by atomic mass is 16.2. The quantitative estimate of drug-likeness (QED) is 0.586. The van der Waals surface area contributed by atoms with Crippen molar-refractivity contribution in [2.45, 2.75) is 69.9 Å². The summed E-state index contributed by atoms with van der Waals surface area (Å²) in [4.78, 5) is 11.9. The van der Waals surface area contributed by atoms with E-state index in [-0.39, 0.29) is 12.5 Å². The van der Waals surface area contributed by atoms with Crippen molar-refractivity contribution < 1.29 is 9.90 Å². The molecular weight excluding hydrogens is 240 g/mol. The van der Waals surface area contributed by atoms with Gasteiger partial charge in [-0.1, -0.05) is 12.8 Å². The van der Waals surface area contributed by atoms with Crippen LogP contribution in [0.5, 0.6) is 0 Å². The average Bonchev–Trinajstić information content (AvgIpc) is 2.73. The molecule has 2 fully saturated rings. The first kappa shape index (κ1) is 14.8. The topological polar surface area (TPSA) is 61.4 Å². The van der Waals surface area contributed by atoms with Gasteiger partial charge in [-0.2, -0.15) is 0 Å². The summed E-state index contributed by atoms with van der Waals surface area (Å²) in [7, 11) is 0. The van der Waals surface area contributed by atoms with Crippen molar-refractivity contribution >= 4 is 5.91 Å². The Morgan fingerprint density at radius 3 is 2.47 bits per heavy atom. The molecule has 2 unspecified atom stereocenters. The zero-order chi connectivity index (χ0) is 13.5. The van der Waals surface area contributed by atoms with Gasteiger partial charge < -0.3 is 15.7 Å². The molecule has 1 amide bonds. The van der Waals surface area contributed by atoms with Crippen molar-refractivity contribution in [1.29, 1.82) is 0 Å². The molecule has 0 spiro atoms. The van der Waals surface area contributed by atoms with Crippen molar-refractivity contribution in [2.75, 3.05) is 13.2 Å². The van der Waals surface area contributed by atoms with Gasteiger partial charge in [0.15, 0.2) is 0 Å². The Morgan fingerprint density at radius 2 is 1.79 bits per heavy atom. The summed E-state index contributed by atoms with van der Waals surface area (Å²) in [5.41, 5.74) is 0. The number of carbonyl (C=O) groups is 1. The Kier molecular flexibility index (Phi) is 6.11. The van der Waals surface area contributed by atoms with Crippen molar-refractivity contribution in [2.24, 2.45) is 5.92 Å². The normalized spacial score (nSPS) is 29.4. The molecule has 2 rings (SSSR count). The number of nitrogens with one attached hydrogen (secondary N) is 2. The number of piperidine rings is 1. The zero-order valence-electron chi connectivity index (χ0n) is 11.9. The Hall–Kier alpha value is -0.610. The fraction of sp³-hybridized carbons (Fsp3) is 0.933. The van der Waals surface area contributed by atoms with E-state index in [2.05, 4.69) is 10.6 Å². The Bertz CT molecular complexity index is 271. The number of aliphatic hydroxyl groups is 1. The van der Waals surface area contributed by atoms with E-state index in [1.54, 1.807) is 0 Å². The molecule has 110 valence electrons. The maximum absolute atomic E-state index is 11.9. The lowest BCUT2D eigenvalue weighted by Crippen LogP contribution is -2.39. The van der Waals surface area contributed by atoms with Crippen LogP contribution in [0.2, 0.25) is 0 Å².